The summed E-state index contributed by atoms with van der Waals surface area (Å²) in [4.78, 5) is 28.2. The minimum atomic E-state index is -0.226. The second-order valence-electron chi connectivity index (χ2n) is 8.64. The highest BCUT2D eigenvalue weighted by atomic mass is 16.2. The fraction of sp³-hybridized carbons (Fsp3) is 0.522. The molecular formula is C23H31N5O2. The molecule has 1 fully saturated rings. The van der Waals surface area contributed by atoms with Crippen molar-refractivity contribution in [1.29, 1.82) is 0 Å². The van der Waals surface area contributed by atoms with E-state index < -0.39 is 0 Å². The van der Waals surface area contributed by atoms with Crippen molar-refractivity contribution in [1.82, 2.24) is 24.4 Å². The molecule has 1 aliphatic heterocycles. The van der Waals surface area contributed by atoms with Crippen LogP contribution in [-0.2, 0) is 6.54 Å². The highest BCUT2D eigenvalue weighted by Gasteiger charge is 2.17. The number of para-hydroxylation sites is 2. The molecule has 1 N–H and O–H groups in total. The van der Waals surface area contributed by atoms with E-state index in [2.05, 4.69) is 29.2 Å². The van der Waals surface area contributed by atoms with Crippen LogP contribution in [-0.4, -0.2) is 51.2 Å². The first-order chi connectivity index (χ1) is 14.5. The average Bonchev–Trinajstić information content (AvgIpc) is 3.21. The first-order valence-electron chi connectivity index (χ1n) is 11.1. The Bertz CT molecular complexity index is 1090. The van der Waals surface area contributed by atoms with E-state index in [0.717, 1.165) is 37.1 Å². The molecule has 160 valence electrons. The van der Waals surface area contributed by atoms with Gasteiger partial charge in [0.25, 0.3) is 11.5 Å². The van der Waals surface area contributed by atoms with Crippen molar-refractivity contribution in [3.05, 3.63) is 46.4 Å². The van der Waals surface area contributed by atoms with Crippen molar-refractivity contribution in [2.75, 3.05) is 26.2 Å². The summed E-state index contributed by atoms with van der Waals surface area (Å²) in [5.74, 6) is 0.107. The predicted molar refractivity (Wildman–Crippen MR) is 119 cm³/mol. The SMILES string of the molecule is CC(C)Cn1c(=O)c2cc(C(=O)NCCCN3CCCCC3)nn2c2ccccc21. The molecule has 0 saturated carbocycles. The number of likely N-dealkylation sites (tertiary alicyclic amines) is 1. The predicted octanol–water partition coefficient (Wildman–Crippen LogP) is 2.91. The molecule has 0 atom stereocenters. The van der Waals surface area contributed by atoms with E-state index in [1.54, 1.807) is 15.1 Å². The third-order valence-electron chi connectivity index (χ3n) is 5.74. The van der Waals surface area contributed by atoms with Gasteiger partial charge in [0.05, 0.1) is 11.0 Å². The van der Waals surface area contributed by atoms with Gasteiger partial charge >= 0.3 is 0 Å². The third-order valence-corrected chi connectivity index (χ3v) is 5.74. The number of aromatic nitrogens is 3. The minimum absolute atomic E-state index is 0.112. The van der Waals surface area contributed by atoms with Crippen LogP contribution in [0, 0.1) is 5.92 Å². The number of carbonyl (C=O) groups is 1. The molecule has 3 aromatic rings. The van der Waals surface area contributed by atoms with Crippen LogP contribution in [0.1, 0.15) is 50.0 Å². The topological polar surface area (TPSA) is 71.6 Å². The number of hydrogen-bond donors (Lipinski definition) is 1. The quantitative estimate of drug-likeness (QED) is 0.609. The molecular weight excluding hydrogens is 378 g/mol. The third kappa shape index (κ3) is 4.26. The number of nitrogens with one attached hydrogen (secondary N) is 1. The Kier molecular flexibility index (Phi) is 6.18. The fourth-order valence-electron chi connectivity index (χ4n) is 4.27. The summed E-state index contributed by atoms with van der Waals surface area (Å²) < 4.78 is 3.40. The molecule has 1 aliphatic rings. The van der Waals surface area contributed by atoms with Gasteiger partial charge in [-0.1, -0.05) is 32.4 Å². The maximum absolute atomic E-state index is 13.1. The van der Waals surface area contributed by atoms with Crippen LogP contribution in [0.2, 0.25) is 0 Å². The molecule has 4 rings (SSSR count). The zero-order valence-corrected chi connectivity index (χ0v) is 17.9. The fourth-order valence-corrected chi connectivity index (χ4v) is 4.27. The zero-order chi connectivity index (χ0) is 21.1. The molecule has 7 heteroatoms. The Morgan fingerprint density at radius 1 is 1.10 bits per heavy atom. The summed E-state index contributed by atoms with van der Waals surface area (Å²) in [6.07, 6.45) is 4.80. The van der Waals surface area contributed by atoms with Crippen LogP contribution in [0.15, 0.2) is 35.1 Å². The standard InChI is InChI=1S/C23H31N5O2/c1-17(2)16-27-19-9-4-5-10-20(19)28-21(23(27)30)15-18(25-28)22(29)24-11-8-14-26-12-6-3-7-13-26/h4-5,9-10,15,17H,3,6-8,11-14,16H2,1-2H3,(H,24,29). The van der Waals surface area contributed by atoms with Gasteiger partial charge in [-0.15, -0.1) is 0 Å². The molecule has 0 bridgehead atoms. The van der Waals surface area contributed by atoms with Gasteiger partial charge in [0.15, 0.2) is 5.69 Å². The Morgan fingerprint density at radius 2 is 1.83 bits per heavy atom. The summed E-state index contributed by atoms with van der Waals surface area (Å²) >= 11 is 0. The van der Waals surface area contributed by atoms with Gasteiger partial charge in [0.2, 0.25) is 0 Å². The number of piperidine rings is 1. The summed E-state index contributed by atoms with van der Waals surface area (Å²) in [7, 11) is 0. The Balaban J connectivity index is 1.53. The van der Waals surface area contributed by atoms with Gasteiger partial charge in [-0.05, 0) is 56.9 Å². The normalized spacial score (nSPS) is 15.3. The van der Waals surface area contributed by atoms with Crippen LogP contribution in [0.3, 0.4) is 0 Å². The number of fused-ring (bicyclic) bond motifs is 3. The van der Waals surface area contributed by atoms with Crippen molar-refractivity contribution in [2.24, 2.45) is 5.92 Å². The van der Waals surface area contributed by atoms with Crippen molar-refractivity contribution in [3.63, 3.8) is 0 Å². The number of nitrogens with zero attached hydrogens (tertiary/aromatic N) is 4. The minimum Gasteiger partial charge on any atom is -0.351 e. The number of amides is 1. The largest absolute Gasteiger partial charge is 0.351 e. The molecule has 7 nitrogen and oxygen atoms in total. The summed E-state index contributed by atoms with van der Waals surface area (Å²) in [6.45, 7) is 8.75. The van der Waals surface area contributed by atoms with Crippen molar-refractivity contribution in [3.8, 4) is 0 Å². The molecule has 30 heavy (non-hydrogen) atoms. The number of benzene rings is 1. The monoisotopic (exact) mass is 409 g/mol. The van der Waals surface area contributed by atoms with E-state index in [9.17, 15) is 9.59 Å². The molecule has 1 saturated heterocycles. The molecule has 0 spiro atoms. The maximum atomic E-state index is 13.1. The Labute approximate surface area is 176 Å². The number of rotatable bonds is 7. The van der Waals surface area contributed by atoms with E-state index in [1.807, 2.05) is 24.3 Å². The van der Waals surface area contributed by atoms with E-state index in [4.69, 9.17) is 0 Å². The number of hydrogen-bond acceptors (Lipinski definition) is 4. The molecule has 0 radical (unpaired) electrons. The highest BCUT2D eigenvalue weighted by molar-refractivity contribution is 5.94. The van der Waals surface area contributed by atoms with Gasteiger partial charge < -0.3 is 14.8 Å². The van der Waals surface area contributed by atoms with Gasteiger partial charge in [0, 0.05) is 19.2 Å². The lowest BCUT2D eigenvalue weighted by Gasteiger charge is -2.26. The smallest absolute Gasteiger partial charge is 0.277 e. The summed E-state index contributed by atoms with van der Waals surface area (Å²) in [5, 5.41) is 7.43. The second-order valence-corrected chi connectivity index (χ2v) is 8.64. The highest BCUT2D eigenvalue weighted by Crippen LogP contribution is 2.16. The first-order valence-corrected chi connectivity index (χ1v) is 11.1. The van der Waals surface area contributed by atoms with Gasteiger partial charge in [0.1, 0.15) is 5.52 Å². The van der Waals surface area contributed by atoms with Crippen molar-refractivity contribution in [2.45, 2.75) is 46.1 Å². The van der Waals surface area contributed by atoms with Crippen LogP contribution in [0.5, 0.6) is 0 Å². The summed E-state index contributed by atoms with van der Waals surface area (Å²) in [5.41, 5.74) is 2.28. The molecule has 0 unspecified atom stereocenters. The van der Waals surface area contributed by atoms with Crippen LogP contribution < -0.4 is 10.9 Å². The zero-order valence-electron chi connectivity index (χ0n) is 17.9. The number of carbonyl (C=O) groups excluding carboxylic acids is 1. The lowest BCUT2D eigenvalue weighted by molar-refractivity contribution is 0.0946. The lowest BCUT2D eigenvalue weighted by Crippen LogP contribution is -2.33. The lowest BCUT2D eigenvalue weighted by atomic mass is 10.1. The van der Waals surface area contributed by atoms with Gasteiger partial charge in [-0.2, -0.15) is 5.10 Å². The second kappa shape index (κ2) is 9.00. The van der Waals surface area contributed by atoms with E-state index in [1.165, 1.54) is 19.3 Å². The van der Waals surface area contributed by atoms with E-state index in [-0.39, 0.29) is 17.2 Å². The van der Waals surface area contributed by atoms with Gasteiger partial charge in [-0.3, -0.25) is 9.59 Å². The Hall–Kier alpha value is -2.67. The van der Waals surface area contributed by atoms with Crippen LogP contribution in [0.4, 0.5) is 0 Å². The van der Waals surface area contributed by atoms with Crippen molar-refractivity contribution >= 4 is 22.5 Å². The van der Waals surface area contributed by atoms with Crippen molar-refractivity contribution < 1.29 is 4.79 Å². The summed E-state index contributed by atoms with van der Waals surface area (Å²) in [6, 6.07) is 9.33. The van der Waals surface area contributed by atoms with Gasteiger partial charge in [-0.25, -0.2) is 4.52 Å². The Morgan fingerprint density at radius 3 is 2.57 bits per heavy atom. The molecule has 2 aromatic heterocycles. The van der Waals surface area contributed by atoms with E-state index in [0.29, 0.717) is 24.5 Å². The van der Waals surface area contributed by atoms with Crippen LogP contribution in [0.25, 0.3) is 16.6 Å². The molecule has 1 amide bonds. The molecule has 1 aromatic carbocycles. The maximum Gasteiger partial charge on any atom is 0.277 e. The molecule has 0 aliphatic carbocycles. The first kappa shape index (κ1) is 20.6. The van der Waals surface area contributed by atoms with Crippen LogP contribution >= 0.6 is 0 Å². The average molecular weight is 410 g/mol. The van der Waals surface area contributed by atoms with E-state index >= 15 is 0 Å². The molecule has 3 heterocycles.